The number of nitriles is 1. The summed E-state index contributed by atoms with van der Waals surface area (Å²) >= 11 is 0. The summed E-state index contributed by atoms with van der Waals surface area (Å²) in [5, 5.41) is 12.3. The molecule has 1 aliphatic heterocycles. The van der Waals surface area contributed by atoms with Gasteiger partial charge in [0.2, 0.25) is 5.95 Å². The molecule has 2 heterocycles. The molecule has 0 atom stereocenters. The molecule has 0 radical (unpaired) electrons. The Morgan fingerprint density at radius 2 is 1.83 bits per heavy atom. The minimum Gasteiger partial charge on any atom is -0.340 e. The molecule has 0 bridgehead atoms. The molecule has 2 aromatic carbocycles. The first-order chi connectivity index (χ1) is 14.8. The van der Waals surface area contributed by atoms with Crippen molar-refractivity contribution >= 4 is 23.5 Å². The largest absolute Gasteiger partial charge is 0.340 e. The zero-order valence-electron chi connectivity index (χ0n) is 16.8. The number of anilines is 3. The van der Waals surface area contributed by atoms with Gasteiger partial charge < -0.3 is 10.2 Å². The van der Waals surface area contributed by atoms with Gasteiger partial charge in [0.25, 0.3) is 0 Å². The maximum atomic E-state index is 9.06. The average molecular weight is 396 g/mol. The van der Waals surface area contributed by atoms with E-state index in [2.05, 4.69) is 67.6 Å². The van der Waals surface area contributed by atoms with E-state index in [0.29, 0.717) is 5.56 Å². The summed E-state index contributed by atoms with van der Waals surface area (Å²) in [6.07, 6.45) is 6.17. The number of rotatable bonds is 6. The summed E-state index contributed by atoms with van der Waals surface area (Å²) in [4.78, 5) is 13.8. The van der Waals surface area contributed by atoms with E-state index in [9.17, 15) is 0 Å². The van der Waals surface area contributed by atoms with E-state index in [4.69, 9.17) is 5.26 Å². The maximum Gasteiger partial charge on any atom is 0.227 e. The molecule has 1 N–H and O–H groups in total. The molecule has 6 heteroatoms. The van der Waals surface area contributed by atoms with Crippen LogP contribution in [0.3, 0.4) is 0 Å². The Bertz CT molecular complexity index is 1030. The van der Waals surface area contributed by atoms with Crippen molar-refractivity contribution in [3.63, 3.8) is 0 Å². The van der Waals surface area contributed by atoms with E-state index in [0.717, 1.165) is 50.2 Å². The SMILES string of the molecule is N#Cc1cccc(Nc2ccnc(N3CCN(C/C=C/c4ccccc4)CC3)n2)c1. The summed E-state index contributed by atoms with van der Waals surface area (Å²) in [7, 11) is 0. The van der Waals surface area contributed by atoms with Crippen molar-refractivity contribution in [3.8, 4) is 6.07 Å². The molecule has 1 aliphatic rings. The zero-order chi connectivity index (χ0) is 20.6. The number of piperazine rings is 1. The summed E-state index contributed by atoms with van der Waals surface area (Å²) in [5.74, 6) is 1.46. The van der Waals surface area contributed by atoms with Crippen molar-refractivity contribution in [1.82, 2.24) is 14.9 Å². The van der Waals surface area contributed by atoms with E-state index in [1.165, 1.54) is 5.56 Å². The van der Waals surface area contributed by atoms with Gasteiger partial charge in [0, 0.05) is 44.6 Å². The number of aromatic nitrogens is 2. The van der Waals surface area contributed by atoms with E-state index >= 15 is 0 Å². The van der Waals surface area contributed by atoms with Gasteiger partial charge in [-0.05, 0) is 29.8 Å². The zero-order valence-corrected chi connectivity index (χ0v) is 16.8. The molecule has 0 spiro atoms. The predicted molar refractivity (Wildman–Crippen MR) is 121 cm³/mol. The molecule has 1 saturated heterocycles. The molecule has 0 aliphatic carbocycles. The third-order valence-electron chi connectivity index (χ3n) is 5.04. The highest BCUT2D eigenvalue weighted by atomic mass is 15.3. The third kappa shape index (κ3) is 5.22. The van der Waals surface area contributed by atoms with E-state index < -0.39 is 0 Å². The Hall–Kier alpha value is -3.69. The molecule has 0 saturated carbocycles. The van der Waals surface area contributed by atoms with Crippen molar-refractivity contribution < 1.29 is 0 Å². The van der Waals surface area contributed by atoms with Gasteiger partial charge in [-0.15, -0.1) is 0 Å². The lowest BCUT2D eigenvalue weighted by Gasteiger charge is -2.34. The van der Waals surface area contributed by atoms with Gasteiger partial charge in [-0.2, -0.15) is 10.2 Å². The molecule has 3 aromatic rings. The first-order valence-corrected chi connectivity index (χ1v) is 10.1. The van der Waals surface area contributed by atoms with Gasteiger partial charge in [0.1, 0.15) is 5.82 Å². The second-order valence-electron chi connectivity index (χ2n) is 7.16. The highest BCUT2D eigenvalue weighted by Gasteiger charge is 2.18. The first kappa shape index (κ1) is 19.6. The Labute approximate surface area is 177 Å². The minimum absolute atomic E-state index is 0.617. The monoisotopic (exact) mass is 396 g/mol. The molecular weight excluding hydrogens is 372 g/mol. The van der Waals surface area contributed by atoms with Gasteiger partial charge in [-0.25, -0.2) is 4.98 Å². The topological polar surface area (TPSA) is 68.1 Å². The number of benzene rings is 2. The quantitative estimate of drug-likeness (QED) is 0.681. The number of nitrogens with zero attached hydrogens (tertiary/aromatic N) is 5. The van der Waals surface area contributed by atoms with Crippen molar-refractivity contribution in [2.75, 3.05) is 42.9 Å². The number of hydrogen-bond donors (Lipinski definition) is 1. The molecule has 1 fully saturated rings. The standard InChI is InChI=1S/C24H24N6/c25-19-21-8-4-10-22(18-21)27-23-11-12-26-24(28-23)30-16-14-29(15-17-30)13-5-9-20-6-2-1-3-7-20/h1-12,18H,13-17H2,(H,26,27,28)/b9-5+. The molecule has 150 valence electrons. The lowest BCUT2D eigenvalue weighted by molar-refractivity contribution is 0.283. The van der Waals surface area contributed by atoms with Crippen LogP contribution in [0.4, 0.5) is 17.5 Å². The Morgan fingerprint density at radius 3 is 2.63 bits per heavy atom. The normalized spacial score (nSPS) is 14.6. The molecule has 0 amide bonds. The van der Waals surface area contributed by atoms with Crippen LogP contribution in [0, 0.1) is 11.3 Å². The first-order valence-electron chi connectivity index (χ1n) is 10.1. The lowest BCUT2D eigenvalue weighted by atomic mass is 10.2. The van der Waals surface area contributed by atoms with Crippen LogP contribution in [0.25, 0.3) is 6.08 Å². The lowest BCUT2D eigenvalue weighted by Crippen LogP contribution is -2.46. The Balaban J connectivity index is 1.32. The maximum absolute atomic E-state index is 9.06. The molecule has 6 nitrogen and oxygen atoms in total. The van der Waals surface area contributed by atoms with Crippen LogP contribution in [0.1, 0.15) is 11.1 Å². The van der Waals surface area contributed by atoms with Crippen LogP contribution in [0.15, 0.2) is 72.9 Å². The smallest absolute Gasteiger partial charge is 0.227 e. The van der Waals surface area contributed by atoms with Crippen molar-refractivity contribution in [3.05, 3.63) is 84.1 Å². The van der Waals surface area contributed by atoms with Gasteiger partial charge in [0.15, 0.2) is 0 Å². The van der Waals surface area contributed by atoms with Crippen LogP contribution in [0.2, 0.25) is 0 Å². The summed E-state index contributed by atoms with van der Waals surface area (Å²) in [6.45, 7) is 4.69. The van der Waals surface area contributed by atoms with Crippen LogP contribution >= 0.6 is 0 Å². The molecular formula is C24H24N6. The van der Waals surface area contributed by atoms with E-state index in [1.54, 1.807) is 12.3 Å². The second-order valence-corrected chi connectivity index (χ2v) is 7.16. The highest BCUT2D eigenvalue weighted by molar-refractivity contribution is 5.59. The van der Waals surface area contributed by atoms with Gasteiger partial charge in [-0.1, -0.05) is 48.6 Å². The van der Waals surface area contributed by atoms with Crippen molar-refractivity contribution in [1.29, 1.82) is 5.26 Å². The van der Waals surface area contributed by atoms with Crippen molar-refractivity contribution in [2.24, 2.45) is 0 Å². The molecule has 0 unspecified atom stereocenters. The van der Waals surface area contributed by atoms with Crippen LogP contribution in [-0.2, 0) is 0 Å². The fourth-order valence-corrected chi connectivity index (χ4v) is 3.42. The second kappa shape index (κ2) is 9.68. The number of nitrogens with one attached hydrogen (secondary N) is 1. The van der Waals surface area contributed by atoms with Crippen LogP contribution < -0.4 is 10.2 Å². The van der Waals surface area contributed by atoms with Gasteiger partial charge in [-0.3, -0.25) is 4.90 Å². The summed E-state index contributed by atoms with van der Waals surface area (Å²) in [6, 6.07) is 21.7. The van der Waals surface area contributed by atoms with Crippen LogP contribution in [-0.4, -0.2) is 47.6 Å². The average Bonchev–Trinajstić information content (AvgIpc) is 2.80. The number of hydrogen-bond acceptors (Lipinski definition) is 6. The summed E-state index contributed by atoms with van der Waals surface area (Å²) in [5.41, 5.74) is 2.69. The third-order valence-corrected chi connectivity index (χ3v) is 5.04. The molecule has 1 aromatic heterocycles. The van der Waals surface area contributed by atoms with Gasteiger partial charge in [0.05, 0.1) is 11.6 Å². The fraction of sp³-hybridized carbons (Fsp3) is 0.208. The molecule has 30 heavy (non-hydrogen) atoms. The summed E-state index contributed by atoms with van der Waals surface area (Å²) < 4.78 is 0. The Kier molecular flexibility index (Phi) is 6.33. The predicted octanol–water partition coefficient (Wildman–Crippen LogP) is 3.93. The fourth-order valence-electron chi connectivity index (χ4n) is 3.42. The van der Waals surface area contributed by atoms with Crippen LogP contribution in [0.5, 0.6) is 0 Å². The van der Waals surface area contributed by atoms with E-state index in [1.807, 2.05) is 30.3 Å². The highest BCUT2D eigenvalue weighted by Crippen LogP contribution is 2.18. The molecule has 4 rings (SSSR count). The Morgan fingerprint density at radius 1 is 1.00 bits per heavy atom. The van der Waals surface area contributed by atoms with Crippen molar-refractivity contribution in [2.45, 2.75) is 0 Å². The van der Waals surface area contributed by atoms with Gasteiger partial charge >= 0.3 is 0 Å². The van der Waals surface area contributed by atoms with E-state index in [-0.39, 0.29) is 0 Å². The minimum atomic E-state index is 0.617.